The van der Waals surface area contributed by atoms with Gasteiger partial charge in [0, 0.05) is 23.4 Å². The molecule has 0 bridgehead atoms. The lowest BCUT2D eigenvalue weighted by atomic mass is 10.1. The number of thioether (sulfide) groups is 1. The van der Waals surface area contributed by atoms with Crippen LogP contribution in [0.3, 0.4) is 0 Å². The second kappa shape index (κ2) is 9.66. The van der Waals surface area contributed by atoms with E-state index in [4.69, 9.17) is 0 Å². The Morgan fingerprint density at radius 2 is 1.86 bits per heavy atom. The third-order valence-electron chi connectivity index (χ3n) is 3.86. The Morgan fingerprint density at radius 3 is 2.64 bits per heavy atom. The first-order valence-corrected chi connectivity index (χ1v) is 9.63. The lowest BCUT2D eigenvalue weighted by Gasteiger charge is -2.07. The summed E-state index contributed by atoms with van der Waals surface area (Å²) in [5, 5.41) is 3.61. The highest BCUT2D eigenvalue weighted by molar-refractivity contribution is 7.99. The van der Waals surface area contributed by atoms with E-state index in [-0.39, 0.29) is 5.91 Å². The molecule has 1 heterocycles. The number of benzene rings is 2. The number of ether oxygens (including phenoxy) is 1. The molecule has 142 valence electrons. The number of nitrogens with one attached hydrogen (secondary N) is 1. The van der Waals surface area contributed by atoms with Gasteiger partial charge >= 0.3 is 5.97 Å². The molecule has 0 atom stereocenters. The maximum Gasteiger partial charge on any atom is 0.337 e. The zero-order valence-corrected chi connectivity index (χ0v) is 16.1. The molecule has 1 N–H and O–H groups in total. The fourth-order valence-electron chi connectivity index (χ4n) is 2.50. The largest absolute Gasteiger partial charge is 0.465 e. The van der Waals surface area contributed by atoms with Gasteiger partial charge in [-0.25, -0.2) is 14.8 Å². The van der Waals surface area contributed by atoms with E-state index in [1.807, 2.05) is 36.4 Å². The quantitative estimate of drug-likeness (QED) is 0.370. The lowest BCUT2D eigenvalue weighted by molar-refractivity contribution is -0.115. The highest BCUT2D eigenvalue weighted by Gasteiger charge is 2.09. The molecular formula is C21H19N3O3S. The monoisotopic (exact) mass is 393 g/mol. The first kappa shape index (κ1) is 19.6. The number of methoxy groups -OCH3 is 1. The average molecular weight is 393 g/mol. The van der Waals surface area contributed by atoms with Gasteiger partial charge in [0.25, 0.3) is 0 Å². The second-order valence-electron chi connectivity index (χ2n) is 5.83. The van der Waals surface area contributed by atoms with E-state index in [0.717, 1.165) is 16.3 Å². The van der Waals surface area contributed by atoms with E-state index in [0.29, 0.717) is 23.4 Å². The van der Waals surface area contributed by atoms with E-state index < -0.39 is 5.97 Å². The summed E-state index contributed by atoms with van der Waals surface area (Å²) >= 11 is 1.49. The molecule has 0 saturated carbocycles. The van der Waals surface area contributed by atoms with Gasteiger partial charge in [-0.15, -0.1) is 11.8 Å². The fraction of sp³-hybridized carbons (Fsp3) is 0.143. The van der Waals surface area contributed by atoms with Crippen LogP contribution in [-0.2, 0) is 9.53 Å². The van der Waals surface area contributed by atoms with Crippen molar-refractivity contribution in [3.8, 4) is 11.3 Å². The molecule has 1 amide bonds. The normalized spacial score (nSPS) is 10.3. The van der Waals surface area contributed by atoms with Crippen LogP contribution in [0.25, 0.3) is 11.3 Å². The summed E-state index contributed by atoms with van der Waals surface area (Å²) in [6, 6.07) is 18.4. The summed E-state index contributed by atoms with van der Waals surface area (Å²) in [4.78, 5) is 32.3. The maximum atomic E-state index is 12.2. The molecule has 0 fully saturated rings. The van der Waals surface area contributed by atoms with Crippen LogP contribution in [-0.4, -0.2) is 34.7 Å². The molecule has 0 radical (unpaired) electrons. The zero-order valence-electron chi connectivity index (χ0n) is 15.3. The van der Waals surface area contributed by atoms with Gasteiger partial charge in [-0.1, -0.05) is 36.4 Å². The Labute approximate surface area is 167 Å². The molecule has 0 spiro atoms. The minimum Gasteiger partial charge on any atom is -0.465 e. The molecule has 0 aliphatic rings. The number of anilines is 1. The van der Waals surface area contributed by atoms with Gasteiger partial charge in [0.2, 0.25) is 5.91 Å². The Morgan fingerprint density at radius 1 is 1.04 bits per heavy atom. The topological polar surface area (TPSA) is 81.2 Å². The highest BCUT2D eigenvalue weighted by Crippen LogP contribution is 2.22. The number of carbonyl (C=O) groups is 2. The summed E-state index contributed by atoms with van der Waals surface area (Å²) in [6.07, 6.45) is 1.85. The van der Waals surface area contributed by atoms with Crippen molar-refractivity contribution >= 4 is 29.3 Å². The predicted molar refractivity (Wildman–Crippen MR) is 109 cm³/mol. The van der Waals surface area contributed by atoms with Crippen LogP contribution < -0.4 is 5.32 Å². The van der Waals surface area contributed by atoms with Crippen LogP contribution in [0.2, 0.25) is 0 Å². The van der Waals surface area contributed by atoms with Crippen molar-refractivity contribution in [1.29, 1.82) is 0 Å². The van der Waals surface area contributed by atoms with Crippen LogP contribution in [0, 0.1) is 0 Å². The third-order valence-corrected chi connectivity index (χ3v) is 4.79. The van der Waals surface area contributed by atoms with Gasteiger partial charge in [0.1, 0.15) is 6.33 Å². The SMILES string of the molecule is COC(=O)c1cccc(NC(=O)CCSc2cc(-c3ccccc3)ncn2)c1. The fourth-order valence-corrected chi connectivity index (χ4v) is 3.31. The van der Waals surface area contributed by atoms with E-state index in [2.05, 4.69) is 20.0 Å². The van der Waals surface area contributed by atoms with E-state index >= 15 is 0 Å². The summed E-state index contributed by atoms with van der Waals surface area (Å²) in [5.41, 5.74) is 2.83. The van der Waals surface area contributed by atoms with E-state index in [1.54, 1.807) is 24.3 Å². The summed E-state index contributed by atoms with van der Waals surface area (Å²) < 4.78 is 4.68. The van der Waals surface area contributed by atoms with Crippen molar-refractivity contribution < 1.29 is 14.3 Å². The molecule has 6 nitrogen and oxygen atoms in total. The van der Waals surface area contributed by atoms with Gasteiger partial charge < -0.3 is 10.1 Å². The summed E-state index contributed by atoms with van der Waals surface area (Å²) in [7, 11) is 1.32. The Hall–Kier alpha value is -3.19. The van der Waals surface area contributed by atoms with Crippen molar-refractivity contribution in [3.63, 3.8) is 0 Å². The van der Waals surface area contributed by atoms with Crippen LogP contribution in [0.4, 0.5) is 5.69 Å². The number of esters is 1. The van der Waals surface area contributed by atoms with Gasteiger partial charge in [0.15, 0.2) is 0 Å². The van der Waals surface area contributed by atoms with E-state index in [9.17, 15) is 9.59 Å². The van der Waals surface area contributed by atoms with E-state index in [1.165, 1.54) is 25.2 Å². The number of carbonyl (C=O) groups excluding carboxylic acids is 2. The van der Waals surface area contributed by atoms with Crippen molar-refractivity contribution in [2.45, 2.75) is 11.4 Å². The van der Waals surface area contributed by atoms with Crippen molar-refractivity contribution in [3.05, 3.63) is 72.6 Å². The Kier molecular flexibility index (Phi) is 6.75. The number of hydrogen-bond acceptors (Lipinski definition) is 6. The highest BCUT2D eigenvalue weighted by atomic mass is 32.2. The third kappa shape index (κ3) is 5.40. The standard InChI is InChI=1S/C21H19N3O3S/c1-27-21(26)16-8-5-9-17(12-16)24-19(25)10-11-28-20-13-18(22-14-23-20)15-6-3-2-4-7-15/h2-9,12-14H,10-11H2,1H3,(H,24,25). The van der Waals surface area contributed by atoms with Gasteiger partial charge in [-0.05, 0) is 24.3 Å². The predicted octanol–water partition coefficient (Wildman–Crippen LogP) is 4.05. The number of amides is 1. The molecule has 1 aromatic heterocycles. The second-order valence-corrected chi connectivity index (χ2v) is 6.94. The number of aromatic nitrogens is 2. The van der Waals surface area contributed by atoms with Crippen LogP contribution in [0.5, 0.6) is 0 Å². The molecule has 0 unspecified atom stereocenters. The van der Waals surface area contributed by atoms with Gasteiger partial charge in [0.05, 0.1) is 23.4 Å². The van der Waals surface area contributed by atoms with Crippen LogP contribution >= 0.6 is 11.8 Å². The summed E-state index contributed by atoms with van der Waals surface area (Å²) in [6.45, 7) is 0. The molecular weight excluding hydrogens is 374 g/mol. The van der Waals surface area contributed by atoms with Crippen molar-refractivity contribution in [2.24, 2.45) is 0 Å². The molecule has 0 aliphatic heterocycles. The summed E-state index contributed by atoms with van der Waals surface area (Å²) in [5.74, 6) is 0.00446. The Balaban J connectivity index is 1.53. The molecule has 28 heavy (non-hydrogen) atoms. The minimum absolute atomic E-state index is 0.133. The van der Waals surface area contributed by atoms with Crippen molar-refractivity contribution in [2.75, 3.05) is 18.2 Å². The van der Waals surface area contributed by atoms with Crippen molar-refractivity contribution in [1.82, 2.24) is 9.97 Å². The van der Waals surface area contributed by atoms with Gasteiger partial charge in [-0.2, -0.15) is 0 Å². The zero-order chi connectivity index (χ0) is 19.8. The first-order chi connectivity index (χ1) is 13.7. The Bertz CT molecular complexity index is 964. The number of nitrogens with zero attached hydrogens (tertiary/aromatic N) is 2. The first-order valence-electron chi connectivity index (χ1n) is 8.64. The molecule has 3 aromatic rings. The average Bonchev–Trinajstić information content (AvgIpc) is 2.74. The molecule has 0 saturated heterocycles. The maximum absolute atomic E-state index is 12.2. The molecule has 3 rings (SSSR count). The lowest BCUT2D eigenvalue weighted by Crippen LogP contribution is -2.13. The molecule has 7 heteroatoms. The minimum atomic E-state index is -0.440. The molecule has 0 aliphatic carbocycles. The van der Waals surface area contributed by atoms with Gasteiger partial charge in [-0.3, -0.25) is 4.79 Å². The molecule has 2 aromatic carbocycles. The number of hydrogen-bond donors (Lipinski definition) is 1. The number of rotatable bonds is 7. The van der Waals surface area contributed by atoms with Crippen LogP contribution in [0.1, 0.15) is 16.8 Å². The van der Waals surface area contributed by atoms with Crippen LogP contribution in [0.15, 0.2) is 72.0 Å². The smallest absolute Gasteiger partial charge is 0.337 e.